The molecule has 112 valence electrons. The average Bonchev–Trinajstić information content (AvgIpc) is 2.41. The van der Waals surface area contributed by atoms with E-state index in [1.165, 1.54) is 6.42 Å². The molecule has 0 N–H and O–H groups in total. The van der Waals surface area contributed by atoms with Crippen molar-refractivity contribution >= 4 is 18.5 Å². The van der Waals surface area contributed by atoms with Gasteiger partial charge in [0, 0.05) is 11.2 Å². The standard InChI is InChI=1S/C6H11NO.C5H12S.2C2H6/c1-5(7-2)6-3-8-4-6;1-4-5(2)6-3;2*1-2/h5-6H,2-4H2,1H3;5H,4H2,1-3H3;2*1-2H3. The number of rotatable bonds is 4. The Labute approximate surface area is 120 Å². The Morgan fingerprint density at radius 2 is 1.67 bits per heavy atom. The minimum absolute atomic E-state index is 0.392. The minimum Gasteiger partial charge on any atom is -0.381 e. The normalized spacial score (nSPS) is 16.2. The molecule has 0 amide bonds. The van der Waals surface area contributed by atoms with E-state index < -0.39 is 0 Å². The molecule has 3 heteroatoms. The molecule has 0 radical (unpaired) electrons. The molecule has 0 aromatic carbocycles. The van der Waals surface area contributed by atoms with Gasteiger partial charge in [-0.15, -0.1) is 0 Å². The van der Waals surface area contributed by atoms with E-state index in [2.05, 4.69) is 38.7 Å². The van der Waals surface area contributed by atoms with E-state index in [0.29, 0.717) is 12.0 Å². The summed E-state index contributed by atoms with van der Waals surface area (Å²) in [5.41, 5.74) is 0. The fraction of sp³-hybridized carbons (Fsp3) is 0.933. The van der Waals surface area contributed by atoms with Crippen LogP contribution in [0.1, 0.15) is 54.9 Å². The molecular weight excluding hydrogens is 242 g/mol. The summed E-state index contributed by atoms with van der Waals surface area (Å²) in [5, 5.41) is 0.852. The van der Waals surface area contributed by atoms with Crippen LogP contribution < -0.4 is 0 Å². The Hall–Kier alpha value is -0.0200. The summed E-state index contributed by atoms with van der Waals surface area (Å²) in [4.78, 5) is 3.88. The van der Waals surface area contributed by atoms with Crippen molar-refractivity contribution in [2.24, 2.45) is 10.9 Å². The molecule has 0 aromatic heterocycles. The van der Waals surface area contributed by atoms with Gasteiger partial charge in [-0.05, 0) is 26.3 Å². The van der Waals surface area contributed by atoms with Crippen LogP contribution in [0.5, 0.6) is 0 Å². The van der Waals surface area contributed by atoms with Crippen molar-refractivity contribution in [1.82, 2.24) is 0 Å². The van der Waals surface area contributed by atoms with Crippen molar-refractivity contribution < 1.29 is 4.74 Å². The van der Waals surface area contributed by atoms with E-state index >= 15 is 0 Å². The summed E-state index contributed by atoms with van der Waals surface area (Å²) >= 11 is 1.92. The molecule has 2 unspecified atom stereocenters. The summed E-state index contributed by atoms with van der Waals surface area (Å²) in [6.45, 7) is 19.7. The number of aliphatic imine (C=N–C) groups is 1. The van der Waals surface area contributed by atoms with Crippen LogP contribution in [0.4, 0.5) is 0 Å². The lowest BCUT2D eigenvalue weighted by Crippen LogP contribution is -2.35. The second-order valence-corrected chi connectivity index (χ2v) is 4.95. The monoisotopic (exact) mass is 277 g/mol. The Kier molecular flexibility index (Phi) is 24.8. The largest absolute Gasteiger partial charge is 0.381 e. The van der Waals surface area contributed by atoms with Crippen molar-refractivity contribution in [2.45, 2.75) is 66.2 Å². The highest BCUT2D eigenvalue weighted by molar-refractivity contribution is 7.99. The molecule has 0 spiro atoms. The summed E-state index contributed by atoms with van der Waals surface area (Å²) < 4.78 is 4.97. The average molecular weight is 278 g/mol. The van der Waals surface area contributed by atoms with Gasteiger partial charge in [0.15, 0.2) is 0 Å². The van der Waals surface area contributed by atoms with Crippen molar-refractivity contribution in [3.63, 3.8) is 0 Å². The molecule has 2 atom stereocenters. The molecule has 1 aliphatic heterocycles. The third-order valence-electron chi connectivity index (χ3n) is 2.61. The Balaban J connectivity index is -0.000000201. The molecule has 0 aliphatic carbocycles. The molecule has 1 fully saturated rings. The van der Waals surface area contributed by atoms with Gasteiger partial charge in [-0.3, -0.25) is 4.99 Å². The van der Waals surface area contributed by atoms with Crippen LogP contribution in [0.3, 0.4) is 0 Å². The molecule has 1 saturated heterocycles. The minimum atomic E-state index is 0.392. The van der Waals surface area contributed by atoms with Gasteiger partial charge in [0.25, 0.3) is 0 Å². The fourth-order valence-corrected chi connectivity index (χ4v) is 1.18. The molecule has 0 bridgehead atoms. The van der Waals surface area contributed by atoms with E-state index in [9.17, 15) is 0 Å². The van der Waals surface area contributed by atoms with Crippen LogP contribution in [0.15, 0.2) is 4.99 Å². The summed E-state index contributed by atoms with van der Waals surface area (Å²) in [5.74, 6) is 0.646. The quantitative estimate of drug-likeness (QED) is 0.680. The van der Waals surface area contributed by atoms with E-state index in [1.54, 1.807) is 0 Å². The van der Waals surface area contributed by atoms with Crippen molar-refractivity contribution in [3.05, 3.63) is 0 Å². The van der Waals surface area contributed by atoms with Crippen LogP contribution in [0, 0.1) is 5.92 Å². The van der Waals surface area contributed by atoms with Crippen molar-refractivity contribution in [1.29, 1.82) is 0 Å². The highest BCUT2D eigenvalue weighted by atomic mass is 32.2. The van der Waals surface area contributed by atoms with Gasteiger partial charge in [-0.1, -0.05) is 41.5 Å². The van der Waals surface area contributed by atoms with Gasteiger partial charge in [0.1, 0.15) is 0 Å². The highest BCUT2D eigenvalue weighted by Crippen LogP contribution is 2.16. The molecule has 0 aromatic rings. The SMILES string of the molecule is C=NC(C)C1COC1.CC.CC.CCC(C)SC. The maximum Gasteiger partial charge on any atom is 0.0536 e. The molecule has 1 rings (SSSR count). The maximum absolute atomic E-state index is 4.97. The number of thioether (sulfide) groups is 1. The second kappa shape index (κ2) is 19.3. The molecule has 0 saturated carbocycles. The third kappa shape index (κ3) is 14.0. The first-order valence-electron chi connectivity index (χ1n) is 7.22. The first-order valence-corrected chi connectivity index (χ1v) is 8.50. The third-order valence-corrected chi connectivity index (χ3v) is 3.75. The topological polar surface area (TPSA) is 21.6 Å². The lowest BCUT2D eigenvalue weighted by Gasteiger charge is -2.28. The zero-order valence-corrected chi connectivity index (χ0v) is 14.6. The van der Waals surface area contributed by atoms with Crippen LogP contribution >= 0.6 is 11.8 Å². The van der Waals surface area contributed by atoms with Gasteiger partial charge < -0.3 is 4.74 Å². The number of ether oxygens (including phenoxy) is 1. The van der Waals surface area contributed by atoms with E-state index in [0.717, 1.165) is 18.5 Å². The van der Waals surface area contributed by atoms with Crippen LogP contribution in [0.2, 0.25) is 0 Å². The number of nitrogens with zero attached hydrogens (tertiary/aromatic N) is 1. The maximum atomic E-state index is 4.97. The predicted octanol–water partition coefficient (Wildman–Crippen LogP) is 4.92. The van der Waals surface area contributed by atoms with E-state index in [-0.39, 0.29) is 0 Å². The Bertz CT molecular complexity index is 145. The first kappa shape index (κ1) is 23.1. The summed E-state index contributed by atoms with van der Waals surface area (Å²) in [7, 11) is 0. The highest BCUT2D eigenvalue weighted by Gasteiger charge is 2.23. The van der Waals surface area contributed by atoms with Crippen LogP contribution in [-0.2, 0) is 4.74 Å². The Morgan fingerprint density at radius 3 is 1.72 bits per heavy atom. The number of hydrogen-bond donors (Lipinski definition) is 0. The summed E-state index contributed by atoms with van der Waals surface area (Å²) in [6, 6.07) is 0.392. The lowest BCUT2D eigenvalue weighted by atomic mass is 10.0. The Morgan fingerprint density at radius 1 is 1.22 bits per heavy atom. The van der Waals surface area contributed by atoms with E-state index in [4.69, 9.17) is 4.74 Å². The molecular formula is C15H35NOS. The lowest BCUT2D eigenvalue weighted by molar-refractivity contribution is -0.0403. The van der Waals surface area contributed by atoms with Crippen LogP contribution in [0.25, 0.3) is 0 Å². The zero-order valence-electron chi connectivity index (χ0n) is 13.8. The van der Waals surface area contributed by atoms with Crippen LogP contribution in [-0.4, -0.2) is 37.5 Å². The van der Waals surface area contributed by atoms with Gasteiger partial charge >= 0.3 is 0 Å². The van der Waals surface area contributed by atoms with Gasteiger partial charge in [-0.2, -0.15) is 11.8 Å². The number of hydrogen-bond acceptors (Lipinski definition) is 3. The second-order valence-electron chi connectivity index (χ2n) is 3.68. The van der Waals surface area contributed by atoms with Crippen molar-refractivity contribution in [3.8, 4) is 0 Å². The van der Waals surface area contributed by atoms with Gasteiger partial charge in [0.05, 0.1) is 19.3 Å². The fourth-order valence-electron chi connectivity index (χ4n) is 0.848. The van der Waals surface area contributed by atoms with Gasteiger partial charge in [0.2, 0.25) is 0 Å². The predicted molar refractivity (Wildman–Crippen MR) is 89.3 cm³/mol. The molecule has 1 aliphatic rings. The smallest absolute Gasteiger partial charge is 0.0536 e. The summed E-state index contributed by atoms with van der Waals surface area (Å²) in [6.07, 6.45) is 3.44. The zero-order chi connectivity index (χ0) is 15.0. The first-order chi connectivity index (χ1) is 8.65. The van der Waals surface area contributed by atoms with E-state index in [1.807, 2.05) is 39.5 Å². The molecule has 1 heterocycles. The molecule has 2 nitrogen and oxygen atoms in total. The molecule has 18 heavy (non-hydrogen) atoms. The van der Waals surface area contributed by atoms with Crippen molar-refractivity contribution in [2.75, 3.05) is 19.5 Å². The van der Waals surface area contributed by atoms with Gasteiger partial charge in [-0.25, -0.2) is 0 Å².